The molecule has 0 saturated carbocycles. The van der Waals surface area contributed by atoms with Gasteiger partial charge in [0, 0.05) is 5.56 Å². The van der Waals surface area contributed by atoms with Gasteiger partial charge in [0.1, 0.15) is 0 Å². The zero-order valence-corrected chi connectivity index (χ0v) is 14.5. The molecular weight excluding hydrogens is 394 g/mol. The maximum Gasteiger partial charge on any atom is 0.360 e. The molecule has 0 aliphatic rings. The van der Waals surface area contributed by atoms with Crippen molar-refractivity contribution in [3.8, 4) is 11.1 Å². The van der Waals surface area contributed by atoms with Crippen LogP contribution in [0.2, 0.25) is 0 Å². The van der Waals surface area contributed by atoms with Crippen LogP contribution in [0.3, 0.4) is 0 Å². The van der Waals surface area contributed by atoms with Crippen molar-refractivity contribution < 1.29 is 9.72 Å². The molecule has 3 rings (SSSR count). The molecule has 2 aromatic carbocycles. The molecule has 1 N–H and O–H groups in total. The van der Waals surface area contributed by atoms with Crippen molar-refractivity contribution in [2.75, 3.05) is 5.32 Å². The smallest absolute Gasteiger partial charge is 0.298 e. The number of amides is 1. The van der Waals surface area contributed by atoms with E-state index < -0.39 is 4.92 Å². The standard InChI is InChI=1S/C16H10BrN3O3S/c17-13-15(20(22)23)24-16(18-13)19-14(21)12-9-5-4-8-11(12)10-6-2-1-3-7-10/h1-9H,(H,18,19,21). The van der Waals surface area contributed by atoms with Crippen molar-refractivity contribution >= 4 is 43.3 Å². The van der Waals surface area contributed by atoms with Gasteiger partial charge >= 0.3 is 5.00 Å². The maximum atomic E-state index is 12.6. The Kier molecular flexibility index (Phi) is 4.68. The molecule has 24 heavy (non-hydrogen) atoms. The maximum absolute atomic E-state index is 12.6. The Morgan fingerprint density at radius 2 is 1.79 bits per heavy atom. The summed E-state index contributed by atoms with van der Waals surface area (Å²) in [5.41, 5.74) is 2.16. The fraction of sp³-hybridized carbons (Fsp3) is 0. The van der Waals surface area contributed by atoms with Crippen LogP contribution in [0.4, 0.5) is 10.1 Å². The largest absolute Gasteiger partial charge is 0.360 e. The minimum absolute atomic E-state index is 0.101. The third kappa shape index (κ3) is 3.34. The molecule has 6 nitrogen and oxygen atoms in total. The number of nitrogens with zero attached hydrogens (tertiary/aromatic N) is 2. The Labute approximate surface area is 149 Å². The Hall–Kier alpha value is -2.58. The lowest BCUT2D eigenvalue weighted by molar-refractivity contribution is -0.381. The molecule has 0 unspecified atom stereocenters. The summed E-state index contributed by atoms with van der Waals surface area (Å²) in [7, 11) is 0. The van der Waals surface area contributed by atoms with Gasteiger partial charge in [-0.3, -0.25) is 20.2 Å². The summed E-state index contributed by atoms with van der Waals surface area (Å²) in [4.78, 5) is 26.8. The lowest BCUT2D eigenvalue weighted by atomic mass is 9.99. The molecule has 0 atom stereocenters. The fourth-order valence-corrected chi connectivity index (χ4v) is 3.53. The van der Waals surface area contributed by atoms with Gasteiger partial charge in [-0.15, -0.1) is 0 Å². The van der Waals surface area contributed by atoms with Gasteiger partial charge in [-0.2, -0.15) is 0 Å². The number of hydrogen-bond donors (Lipinski definition) is 1. The predicted octanol–water partition coefficient (Wildman–Crippen LogP) is 4.73. The third-order valence-electron chi connectivity index (χ3n) is 3.21. The molecule has 0 spiro atoms. The highest BCUT2D eigenvalue weighted by Crippen LogP contribution is 2.34. The number of benzene rings is 2. The Balaban J connectivity index is 1.91. The van der Waals surface area contributed by atoms with E-state index in [1.165, 1.54) is 0 Å². The van der Waals surface area contributed by atoms with E-state index in [0.29, 0.717) is 5.56 Å². The summed E-state index contributed by atoms with van der Waals surface area (Å²) in [6.45, 7) is 0. The second kappa shape index (κ2) is 6.90. The van der Waals surface area contributed by atoms with Gasteiger partial charge in [-0.1, -0.05) is 48.5 Å². The van der Waals surface area contributed by atoms with Crippen molar-refractivity contribution in [3.05, 3.63) is 74.9 Å². The molecule has 0 radical (unpaired) electrons. The van der Waals surface area contributed by atoms with Crippen molar-refractivity contribution in [3.63, 3.8) is 0 Å². The van der Waals surface area contributed by atoms with Crippen LogP contribution in [0.25, 0.3) is 11.1 Å². The summed E-state index contributed by atoms with van der Waals surface area (Å²) in [6.07, 6.45) is 0. The van der Waals surface area contributed by atoms with Crippen molar-refractivity contribution in [2.24, 2.45) is 0 Å². The van der Waals surface area contributed by atoms with E-state index in [9.17, 15) is 14.9 Å². The Morgan fingerprint density at radius 1 is 1.12 bits per heavy atom. The van der Waals surface area contributed by atoms with Crippen molar-refractivity contribution in [1.29, 1.82) is 0 Å². The zero-order chi connectivity index (χ0) is 17.1. The molecule has 120 valence electrons. The number of nitrogens with one attached hydrogen (secondary N) is 1. The van der Waals surface area contributed by atoms with Gasteiger partial charge in [0.15, 0.2) is 9.73 Å². The second-order valence-electron chi connectivity index (χ2n) is 4.74. The van der Waals surface area contributed by atoms with Gasteiger partial charge in [-0.25, -0.2) is 4.98 Å². The first-order chi connectivity index (χ1) is 11.6. The number of halogens is 1. The van der Waals surface area contributed by atoms with Gasteiger partial charge in [0.2, 0.25) is 0 Å². The first-order valence-corrected chi connectivity index (χ1v) is 8.43. The summed E-state index contributed by atoms with van der Waals surface area (Å²) < 4.78 is 0.101. The number of carbonyl (C=O) groups is 1. The van der Waals surface area contributed by atoms with Crippen molar-refractivity contribution in [1.82, 2.24) is 4.98 Å². The van der Waals surface area contributed by atoms with E-state index in [0.717, 1.165) is 22.5 Å². The highest BCUT2D eigenvalue weighted by atomic mass is 79.9. The number of rotatable bonds is 4. The number of thiazole rings is 1. The van der Waals surface area contributed by atoms with E-state index >= 15 is 0 Å². The number of nitro groups is 1. The van der Waals surface area contributed by atoms with E-state index in [1.54, 1.807) is 12.1 Å². The normalized spacial score (nSPS) is 10.4. The van der Waals surface area contributed by atoms with Crippen LogP contribution in [0.1, 0.15) is 10.4 Å². The van der Waals surface area contributed by atoms with Crippen molar-refractivity contribution in [2.45, 2.75) is 0 Å². The lowest BCUT2D eigenvalue weighted by Crippen LogP contribution is -2.12. The van der Waals surface area contributed by atoms with Gasteiger partial charge < -0.3 is 0 Å². The summed E-state index contributed by atoms with van der Waals surface area (Å²) in [5, 5.41) is 13.5. The van der Waals surface area contributed by atoms with Crippen LogP contribution in [0.15, 0.2) is 59.2 Å². The Bertz CT molecular complexity index is 912. The minimum atomic E-state index is -0.546. The minimum Gasteiger partial charge on any atom is -0.298 e. The monoisotopic (exact) mass is 403 g/mol. The first kappa shape index (κ1) is 16.3. The highest BCUT2D eigenvalue weighted by Gasteiger charge is 2.21. The van der Waals surface area contributed by atoms with Crippen LogP contribution >= 0.6 is 27.3 Å². The molecule has 1 amide bonds. The third-order valence-corrected chi connectivity index (χ3v) is 4.95. The number of aromatic nitrogens is 1. The molecule has 1 heterocycles. The predicted molar refractivity (Wildman–Crippen MR) is 96.3 cm³/mol. The molecular formula is C16H10BrN3O3S. The second-order valence-corrected chi connectivity index (χ2v) is 6.47. The average molecular weight is 404 g/mol. The topological polar surface area (TPSA) is 85.1 Å². The van der Waals surface area contributed by atoms with Gasteiger partial charge in [-0.05, 0) is 44.5 Å². The number of anilines is 1. The molecule has 8 heteroatoms. The summed E-state index contributed by atoms with van der Waals surface area (Å²) in [5.74, 6) is -0.370. The number of hydrogen-bond acceptors (Lipinski definition) is 5. The highest BCUT2D eigenvalue weighted by molar-refractivity contribution is 9.10. The molecule has 3 aromatic rings. The molecule has 1 aromatic heterocycles. The molecule has 0 aliphatic heterocycles. The first-order valence-electron chi connectivity index (χ1n) is 6.83. The van der Waals surface area contributed by atoms with E-state index in [2.05, 4.69) is 26.2 Å². The number of carbonyl (C=O) groups excluding carboxylic acids is 1. The Morgan fingerprint density at radius 3 is 2.46 bits per heavy atom. The quantitative estimate of drug-likeness (QED) is 0.503. The van der Waals surface area contributed by atoms with E-state index in [1.807, 2.05) is 42.5 Å². The van der Waals surface area contributed by atoms with Crippen LogP contribution in [-0.4, -0.2) is 15.8 Å². The summed E-state index contributed by atoms with van der Waals surface area (Å²) >= 11 is 3.82. The lowest BCUT2D eigenvalue weighted by Gasteiger charge is -2.08. The summed E-state index contributed by atoms with van der Waals surface area (Å²) in [6, 6.07) is 16.7. The molecule has 0 fully saturated rings. The van der Waals surface area contributed by atoms with Crippen LogP contribution in [0, 0.1) is 10.1 Å². The zero-order valence-electron chi connectivity index (χ0n) is 12.1. The average Bonchev–Trinajstić information content (AvgIpc) is 2.96. The van der Waals surface area contributed by atoms with Gasteiger partial charge in [0.25, 0.3) is 5.91 Å². The molecule has 0 aliphatic carbocycles. The van der Waals surface area contributed by atoms with Crippen LogP contribution in [-0.2, 0) is 0 Å². The van der Waals surface area contributed by atoms with Crippen LogP contribution in [0.5, 0.6) is 0 Å². The SMILES string of the molecule is O=C(Nc1nc(Br)c([N+](=O)[O-])s1)c1ccccc1-c1ccccc1. The molecule has 0 saturated heterocycles. The fourth-order valence-electron chi connectivity index (χ4n) is 2.17. The van der Waals surface area contributed by atoms with E-state index in [-0.39, 0.29) is 20.6 Å². The van der Waals surface area contributed by atoms with E-state index in [4.69, 9.17) is 0 Å². The van der Waals surface area contributed by atoms with Gasteiger partial charge in [0.05, 0.1) is 4.92 Å². The molecule has 0 bridgehead atoms. The van der Waals surface area contributed by atoms with Crippen LogP contribution < -0.4 is 5.32 Å².